The lowest BCUT2D eigenvalue weighted by Crippen LogP contribution is -3.12. The Bertz CT molecular complexity index is 661. The summed E-state index contributed by atoms with van der Waals surface area (Å²) >= 11 is 1.13. The Labute approximate surface area is 140 Å². The number of hydrogen-bond donors (Lipinski definition) is 2. The smallest absolute Gasteiger partial charge is 0.265 e. The van der Waals surface area contributed by atoms with Crippen molar-refractivity contribution < 1.29 is 9.69 Å². The van der Waals surface area contributed by atoms with Crippen molar-refractivity contribution >= 4 is 23.1 Å². The molecule has 1 saturated heterocycles. The van der Waals surface area contributed by atoms with Gasteiger partial charge in [0.15, 0.2) is 0 Å². The number of carbonyl (C=O) groups is 1. The molecule has 0 aliphatic carbocycles. The van der Waals surface area contributed by atoms with E-state index in [-0.39, 0.29) is 5.91 Å². The quantitative estimate of drug-likeness (QED) is 0.834. The lowest BCUT2D eigenvalue weighted by atomic mass is 10.1. The normalized spacial score (nSPS) is 15.7. The summed E-state index contributed by atoms with van der Waals surface area (Å²) in [5.41, 5.74) is 3.03. The Kier molecular flexibility index (Phi) is 4.88. The average molecular weight is 332 g/mol. The second kappa shape index (κ2) is 7.06. The lowest BCUT2D eigenvalue weighted by molar-refractivity contribution is -0.880. The molecule has 122 valence electrons. The van der Waals surface area contributed by atoms with E-state index in [1.54, 1.807) is 11.8 Å². The van der Waals surface area contributed by atoms with Crippen molar-refractivity contribution in [3.8, 4) is 0 Å². The minimum atomic E-state index is -0.108. The van der Waals surface area contributed by atoms with E-state index in [2.05, 4.69) is 51.1 Å². The number of aromatic nitrogens is 2. The summed E-state index contributed by atoms with van der Waals surface area (Å²) < 4.78 is 3.79. The summed E-state index contributed by atoms with van der Waals surface area (Å²) in [6.07, 6.45) is 0. The van der Waals surface area contributed by atoms with Crippen LogP contribution in [0.2, 0.25) is 0 Å². The van der Waals surface area contributed by atoms with E-state index in [1.807, 2.05) is 0 Å². The van der Waals surface area contributed by atoms with Gasteiger partial charge in [0.05, 0.1) is 38.9 Å². The van der Waals surface area contributed by atoms with E-state index in [1.165, 1.54) is 18.8 Å². The summed E-state index contributed by atoms with van der Waals surface area (Å²) in [5.74, 6) is -0.108. The van der Waals surface area contributed by atoms with Gasteiger partial charge in [-0.05, 0) is 36.2 Å². The number of piperazine rings is 1. The minimum Gasteiger partial charge on any atom is -0.360 e. The van der Waals surface area contributed by atoms with E-state index >= 15 is 0 Å². The van der Waals surface area contributed by atoms with Crippen LogP contribution >= 0.6 is 11.5 Å². The number of quaternary nitrogens is 1. The van der Waals surface area contributed by atoms with Crippen molar-refractivity contribution in [1.29, 1.82) is 0 Å². The molecule has 2 N–H and O–H groups in total. The first kappa shape index (κ1) is 15.9. The summed E-state index contributed by atoms with van der Waals surface area (Å²) in [7, 11) is 2.24. The Morgan fingerprint density at radius 3 is 2.61 bits per heavy atom. The molecule has 0 radical (unpaired) electrons. The van der Waals surface area contributed by atoms with Gasteiger partial charge in [0, 0.05) is 12.2 Å². The molecular formula is C16H22N5OS+. The second-order valence-electron chi connectivity index (χ2n) is 5.98. The molecule has 1 aromatic heterocycles. The fourth-order valence-electron chi connectivity index (χ4n) is 2.67. The molecule has 1 aliphatic rings. The van der Waals surface area contributed by atoms with Crippen molar-refractivity contribution in [1.82, 2.24) is 14.9 Å². The van der Waals surface area contributed by atoms with Crippen molar-refractivity contribution in [3.63, 3.8) is 0 Å². The van der Waals surface area contributed by atoms with Crippen LogP contribution in [0, 0.1) is 6.92 Å². The van der Waals surface area contributed by atoms with Crippen LogP contribution in [0.25, 0.3) is 0 Å². The first-order valence-corrected chi connectivity index (χ1v) is 8.63. The number of nitrogens with zero attached hydrogens (tertiary/aromatic N) is 3. The molecule has 0 spiro atoms. The zero-order valence-corrected chi connectivity index (χ0v) is 14.3. The number of aryl methyl sites for hydroxylation is 1. The van der Waals surface area contributed by atoms with Crippen molar-refractivity contribution in [3.05, 3.63) is 40.4 Å². The topological polar surface area (TPSA) is 62.6 Å². The molecule has 7 heteroatoms. The van der Waals surface area contributed by atoms with E-state index in [4.69, 9.17) is 0 Å². The average Bonchev–Trinajstić information content (AvgIpc) is 3.00. The van der Waals surface area contributed by atoms with Crippen LogP contribution in [0.15, 0.2) is 24.3 Å². The van der Waals surface area contributed by atoms with Gasteiger partial charge in [0.1, 0.15) is 4.88 Å². The molecule has 3 rings (SSSR count). The highest BCUT2D eigenvalue weighted by Gasteiger charge is 2.17. The van der Waals surface area contributed by atoms with Crippen LogP contribution in [0.4, 0.5) is 5.69 Å². The lowest BCUT2D eigenvalue weighted by Gasteiger charge is -2.31. The van der Waals surface area contributed by atoms with Crippen LogP contribution in [0.3, 0.4) is 0 Å². The van der Waals surface area contributed by atoms with Crippen molar-refractivity contribution in [2.45, 2.75) is 13.5 Å². The molecule has 1 aromatic carbocycles. The van der Waals surface area contributed by atoms with E-state index in [9.17, 15) is 4.79 Å². The molecule has 2 heterocycles. The fraction of sp³-hybridized carbons (Fsp3) is 0.438. The Morgan fingerprint density at radius 1 is 1.30 bits per heavy atom. The number of rotatable bonds is 4. The number of likely N-dealkylation sites (N-methyl/N-ethyl adjacent to an activating group) is 1. The number of nitrogens with one attached hydrogen (secondary N) is 2. The van der Waals surface area contributed by atoms with Crippen LogP contribution in [-0.2, 0) is 6.54 Å². The van der Waals surface area contributed by atoms with Gasteiger partial charge in [-0.25, -0.2) is 0 Å². The molecule has 2 aromatic rings. The number of carbonyl (C=O) groups excluding carboxylic acids is 1. The largest absolute Gasteiger partial charge is 0.360 e. The highest BCUT2D eigenvalue weighted by Crippen LogP contribution is 2.15. The Morgan fingerprint density at radius 2 is 2.00 bits per heavy atom. The maximum Gasteiger partial charge on any atom is 0.265 e. The van der Waals surface area contributed by atoms with Crippen molar-refractivity contribution in [2.24, 2.45) is 0 Å². The molecule has 0 atom stereocenters. The summed E-state index contributed by atoms with van der Waals surface area (Å²) in [6, 6.07) is 8.44. The van der Waals surface area contributed by atoms with Crippen LogP contribution in [0.1, 0.15) is 20.9 Å². The first-order chi connectivity index (χ1) is 11.1. The van der Waals surface area contributed by atoms with Gasteiger partial charge >= 0.3 is 0 Å². The van der Waals surface area contributed by atoms with Crippen LogP contribution < -0.4 is 15.1 Å². The van der Waals surface area contributed by atoms with Crippen LogP contribution in [-0.4, -0.2) is 48.7 Å². The van der Waals surface area contributed by atoms with E-state index in [0.29, 0.717) is 17.1 Å². The van der Waals surface area contributed by atoms with Gasteiger partial charge in [-0.3, -0.25) is 4.79 Å². The third-order valence-electron chi connectivity index (χ3n) is 4.23. The zero-order chi connectivity index (χ0) is 16.2. The number of anilines is 1. The number of amides is 1. The molecule has 1 fully saturated rings. The van der Waals surface area contributed by atoms with Gasteiger partial charge in [-0.15, -0.1) is 5.10 Å². The van der Waals surface area contributed by atoms with Crippen LogP contribution in [0.5, 0.6) is 0 Å². The standard InChI is InChI=1S/C16H21N5OS/c1-12-15(23-19-18-12)16(22)17-11-13-3-5-14(6-4-13)21-9-7-20(2)8-10-21/h3-6H,7-11H2,1-2H3,(H,17,22)/p+1. The van der Waals surface area contributed by atoms with Gasteiger partial charge in [0.2, 0.25) is 0 Å². The molecular weight excluding hydrogens is 310 g/mol. The Hall–Kier alpha value is -1.99. The SMILES string of the molecule is Cc1nnsc1C(=O)NCc1ccc(N2CC[NH+](C)CC2)cc1. The summed E-state index contributed by atoms with van der Waals surface area (Å²) in [5, 5.41) is 6.78. The van der Waals surface area contributed by atoms with Gasteiger partial charge in [-0.1, -0.05) is 16.6 Å². The third kappa shape index (κ3) is 3.86. The maximum atomic E-state index is 12.1. The minimum absolute atomic E-state index is 0.108. The first-order valence-electron chi connectivity index (χ1n) is 7.86. The van der Waals surface area contributed by atoms with Crippen molar-refractivity contribution in [2.75, 3.05) is 38.1 Å². The molecule has 1 aliphatic heterocycles. The molecule has 1 amide bonds. The maximum absolute atomic E-state index is 12.1. The summed E-state index contributed by atoms with van der Waals surface area (Å²) in [4.78, 5) is 16.6. The van der Waals surface area contributed by atoms with Gasteiger partial charge < -0.3 is 15.1 Å². The third-order valence-corrected chi connectivity index (χ3v) is 5.06. The summed E-state index contributed by atoms with van der Waals surface area (Å²) in [6.45, 7) is 6.87. The predicted molar refractivity (Wildman–Crippen MR) is 91.1 cm³/mol. The van der Waals surface area contributed by atoms with E-state index < -0.39 is 0 Å². The molecule has 0 bridgehead atoms. The van der Waals surface area contributed by atoms with E-state index in [0.717, 1.165) is 30.2 Å². The highest BCUT2D eigenvalue weighted by molar-refractivity contribution is 7.07. The molecule has 23 heavy (non-hydrogen) atoms. The molecule has 6 nitrogen and oxygen atoms in total. The number of hydrogen-bond acceptors (Lipinski definition) is 5. The second-order valence-corrected chi connectivity index (χ2v) is 6.73. The van der Waals surface area contributed by atoms with Gasteiger partial charge in [-0.2, -0.15) is 0 Å². The highest BCUT2D eigenvalue weighted by atomic mass is 32.1. The molecule has 0 saturated carbocycles. The van der Waals surface area contributed by atoms with Gasteiger partial charge in [0.25, 0.3) is 5.91 Å². The fourth-order valence-corrected chi connectivity index (χ4v) is 3.25. The predicted octanol–water partition coefficient (Wildman–Crippen LogP) is 0.111. The molecule has 0 unspecified atom stereocenters. The number of benzene rings is 1. The zero-order valence-electron chi connectivity index (χ0n) is 13.5. The Balaban J connectivity index is 1.55. The monoisotopic (exact) mass is 332 g/mol.